The van der Waals surface area contributed by atoms with Crippen LogP contribution >= 0.6 is 11.6 Å². The number of rotatable bonds is 5. The Morgan fingerprint density at radius 1 is 1.47 bits per heavy atom. The van der Waals surface area contributed by atoms with Gasteiger partial charge in [0.2, 0.25) is 0 Å². The highest BCUT2D eigenvalue weighted by atomic mass is 35.5. The molecule has 0 aromatic heterocycles. The summed E-state index contributed by atoms with van der Waals surface area (Å²) in [6.07, 6.45) is 0.546. The highest BCUT2D eigenvalue weighted by Crippen LogP contribution is 2.16. The van der Waals surface area contributed by atoms with Crippen LogP contribution in [-0.4, -0.2) is 22.2 Å². The maximum absolute atomic E-state index is 13.2. The minimum Gasteiger partial charge on any atom is -0.350 e. The minimum atomic E-state index is -0.822. The molecule has 1 aromatic rings. The maximum atomic E-state index is 13.2. The molecule has 0 saturated carbocycles. The molecule has 0 fully saturated rings. The minimum absolute atomic E-state index is 0.0826. The second-order valence-electron chi connectivity index (χ2n) is 4.35. The van der Waals surface area contributed by atoms with E-state index in [-0.39, 0.29) is 17.0 Å². The van der Waals surface area contributed by atoms with E-state index in [9.17, 15) is 19.3 Å². The summed E-state index contributed by atoms with van der Waals surface area (Å²) in [4.78, 5) is 21.7. The Hall–Kier alpha value is -1.69. The van der Waals surface area contributed by atoms with Gasteiger partial charge in [-0.25, -0.2) is 4.39 Å². The average Bonchev–Trinajstić information content (AvgIpc) is 2.26. The Balaban J connectivity index is 2.85. The zero-order chi connectivity index (χ0) is 14.6. The summed E-state index contributed by atoms with van der Waals surface area (Å²) in [6.45, 7) is 3.54. The molecule has 104 valence electrons. The third kappa shape index (κ3) is 4.82. The van der Waals surface area contributed by atoms with Crippen molar-refractivity contribution >= 4 is 23.2 Å². The highest BCUT2D eigenvalue weighted by molar-refractivity contribution is 6.20. The van der Waals surface area contributed by atoms with Crippen molar-refractivity contribution in [3.8, 4) is 0 Å². The molecule has 1 rings (SSSR count). The number of nitro benzene ring substituents is 1. The molecule has 0 spiro atoms. The molecule has 19 heavy (non-hydrogen) atoms. The van der Waals surface area contributed by atoms with E-state index < -0.39 is 22.3 Å². The van der Waals surface area contributed by atoms with Gasteiger partial charge in [-0.3, -0.25) is 14.9 Å². The number of nitro groups is 1. The lowest BCUT2D eigenvalue weighted by molar-refractivity contribution is -0.385. The third-order valence-corrected chi connectivity index (χ3v) is 2.59. The molecule has 2 atom stereocenters. The lowest BCUT2D eigenvalue weighted by atomic mass is 10.1. The monoisotopic (exact) mass is 288 g/mol. The van der Waals surface area contributed by atoms with Gasteiger partial charge in [-0.2, -0.15) is 0 Å². The van der Waals surface area contributed by atoms with Crippen molar-refractivity contribution in [1.29, 1.82) is 0 Å². The quantitative estimate of drug-likeness (QED) is 0.514. The van der Waals surface area contributed by atoms with Gasteiger partial charge in [0.05, 0.1) is 11.0 Å². The standard InChI is InChI=1S/C12H14ClFN2O3/c1-7(13)3-8(2)15-12(17)9-4-10(14)6-11(5-9)16(18)19/h4-8H,3H2,1-2H3,(H,15,17). The highest BCUT2D eigenvalue weighted by Gasteiger charge is 2.16. The summed E-state index contributed by atoms with van der Waals surface area (Å²) in [6, 6.07) is 2.55. The number of nitrogens with one attached hydrogen (secondary N) is 1. The average molecular weight is 289 g/mol. The molecule has 0 aliphatic rings. The second kappa shape index (κ2) is 6.47. The SMILES string of the molecule is CC(Cl)CC(C)NC(=O)c1cc(F)cc([N+](=O)[O-])c1. The van der Waals surface area contributed by atoms with Gasteiger partial charge in [0.15, 0.2) is 0 Å². The predicted molar refractivity (Wildman–Crippen MR) is 69.9 cm³/mol. The van der Waals surface area contributed by atoms with Crippen LogP contribution < -0.4 is 5.32 Å². The normalized spacial score (nSPS) is 13.7. The fraction of sp³-hybridized carbons (Fsp3) is 0.417. The zero-order valence-corrected chi connectivity index (χ0v) is 11.3. The summed E-state index contributed by atoms with van der Waals surface area (Å²) in [5, 5.41) is 13.1. The van der Waals surface area contributed by atoms with Crippen molar-refractivity contribution in [3.63, 3.8) is 0 Å². The van der Waals surface area contributed by atoms with Crippen molar-refractivity contribution < 1.29 is 14.1 Å². The van der Waals surface area contributed by atoms with Gasteiger partial charge in [0.1, 0.15) is 5.82 Å². The van der Waals surface area contributed by atoms with Crippen molar-refractivity contribution in [3.05, 3.63) is 39.7 Å². The molecule has 0 aliphatic heterocycles. The van der Waals surface area contributed by atoms with E-state index in [1.54, 1.807) is 13.8 Å². The lowest BCUT2D eigenvalue weighted by Gasteiger charge is -2.14. The van der Waals surface area contributed by atoms with Crippen LogP contribution in [0.4, 0.5) is 10.1 Å². The molecular formula is C12H14ClFN2O3. The van der Waals surface area contributed by atoms with Crippen LogP contribution in [-0.2, 0) is 0 Å². The van der Waals surface area contributed by atoms with Crippen LogP contribution in [0.3, 0.4) is 0 Å². The van der Waals surface area contributed by atoms with E-state index in [2.05, 4.69) is 5.32 Å². The molecule has 1 N–H and O–H groups in total. The molecule has 0 heterocycles. The van der Waals surface area contributed by atoms with E-state index in [0.29, 0.717) is 6.42 Å². The van der Waals surface area contributed by atoms with Gasteiger partial charge in [-0.05, 0) is 26.3 Å². The van der Waals surface area contributed by atoms with Crippen LogP contribution in [0.15, 0.2) is 18.2 Å². The zero-order valence-electron chi connectivity index (χ0n) is 10.5. The van der Waals surface area contributed by atoms with E-state index in [0.717, 1.165) is 18.2 Å². The lowest BCUT2D eigenvalue weighted by Crippen LogP contribution is -2.34. The van der Waals surface area contributed by atoms with Gasteiger partial charge in [0, 0.05) is 23.0 Å². The van der Waals surface area contributed by atoms with Crippen molar-refractivity contribution in [2.24, 2.45) is 0 Å². The van der Waals surface area contributed by atoms with E-state index >= 15 is 0 Å². The molecule has 7 heteroatoms. The number of hydrogen-bond donors (Lipinski definition) is 1. The molecule has 5 nitrogen and oxygen atoms in total. The van der Waals surface area contributed by atoms with E-state index in [4.69, 9.17) is 11.6 Å². The van der Waals surface area contributed by atoms with Crippen LogP contribution in [0, 0.1) is 15.9 Å². The number of amides is 1. The maximum Gasteiger partial charge on any atom is 0.273 e. The van der Waals surface area contributed by atoms with Crippen LogP contribution in [0.2, 0.25) is 0 Å². The molecule has 0 aliphatic carbocycles. The Labute approximate surface area is 114 Å². The number of non-ortho nitro benzene ring substituents is 1. The van der Waals surface area contributed by atoms with Gasteiger partial charge in [0.25, 0.3) is 11.6 Å². The first-order chi connectivity index (χ1) is 8.79. The first kappa shape index (κ1) is 15.4. The first-order valence-corrected chi connectivity index (χ1v) is 6.13. The molecular weight excluding hydrogens is 275 g/mol. The number of nitrogens with zero attached hydrogens (tertiary/aromatic N) is 1. The summed E-state index contributed by atoms with van der Waals surface area (Å²) in [5.74, 6) is -1.38. The number of hydrogen-bond acceptors (Lipinski definition) is 3. The van der Waals surface area contributed by atoms with Crippen molar-refractivity contribution in [2.75, 3.05) is 0 Å². The first-order valence-electron chi connectivity index (χ1n) is 5.69. The van der Waals surface area contributed by atoms with Gasteiger partial charge in [-0.1, -0.05) is 0 Å². The smallest absolute Gasteiger partial charge is 0.273 e. The Bertz CT molecular complexity index is 494. The molecule has 0 radical (unpaired) electrons. The molecule has 0 bridgehead atoms. The Kier molecular flexibility index (Phi) is 5.23. The fourth-order valence-corrected chi connectivity index (χ4v) is 1.93. The number of carbonyl (C=O) groups is 1. The number of benzene rings is 1. The Morgan fingerprint density at radius 2 is 2.11 bits per heavy atom. The van der Waals surface area contributed by atoms with Gasteiger partial charge in [-0.15, -0.1) is 11.6 Å². The largest absolute Gasteiger partial charge is 0.350 e. The summed E-state index contributed by atoms with van der Waals surface area (Å²) in [7, 11) is 0. The van der Waals surface area contributed by atoms with E-state index in [1.807, 2.05) is 0 Å². The Morgan fingerprint density at radius 3 is 2.63 bits per heavy atom. The number of halogens is 2. The van der Waals surface area contributed by atoms with Crippen LogP contribution in [0.25, 0.3) is 0 Å². The van der Waals surface area contributed by atoms with Gasteiger partial charge >= 0.3 is 0 Å². The second-order valence-corrected chi connectivity index (χ2v) is 5.09. The van der Waals surface area contributed by atoms with Gasteiger partial charge < -0.3 is 5.32 Å². The summed E-state index contributed by atoms with van der Waals surface area (Å²) >= 11 is 5.79. The fourth-order valence-electron chi connectivity index (χ4n) is 1.66. The molecule has 1 aromatic carbocycles. The molecule has 1 amide bonds. The van der Waals surface area contributed by atoms with Crippen molar-refractivity contribution in [2.45, 2.75) is 31.7 Å². The third-order valence-electron chi connectivity index (χ3n) is 2.41. The predicted octanol–water partition coefficient (Wildman–Crippen LogP) is 2.87. The van der Waals surface area contributed by atoms with Crippen LogP contribution in [0.1, 0.15) is 30.6 Å². The number of carbonyl (C=O) groups excluding carboxylic acids is 1. The molecule has 0 saturated heterocycles. The topological polar surface area (TPSA) is 72.2 Å². The molecule has 2 unspecified atom stereocenters. The van der Waals surface area contributed by atoms with Crippen molar-refractivity contribution in [1.82, 2.24) is 5.32 Å². The summed E-state index contributed by atoms with van der Waals surface area (Å²) in [5.41, 5.74) is -0.538. The number of alkyl halides is 1. The summed E-state index contributed by atoms with van der Waals surface area (Å²) < 4.78 is 13.2. The van der Waals surface area contributed by atoms with E-state index in [1.165, 1.54) is 0 Å². The van der Waals surface area contributed by atoms with Crippen LogP contribution in [0.5, 0.6) is 0 Å².